The van der Waals surface area contributed by atoms with Gasteiger partial charge in [-0.2, -0.15) is 0 Å². The molecule has 0 atom stereocenters. The predicted octanol–water partition coefficient (Wildman–Crippen LogP) is 2.57. The van der Waals surface area contributed by atoms with Gasteiger partial charge in [0, 0.05) is 6.54 Å². The van der Waals surface area contributed by atoms with E-state index in [9.17, 15) is 9.90 Å². The second kappa shape index (κ2) is 4.90. The average Bonchev–Trinajstić information content (AvgIpc) is 2.49. The van der Waals surface area contributed by atoms with Crippen molar-refractivity contribution in [3.63, 3.8) is 0 Å². The molecule has 0 radical (unpaired) electrons. The predicted molar refractivity (Wildman–Crippen MR) is 77.8 cm³/mol. The van der Waals surface area contributed by atoms with Gasteiger partial charge in [0.1, 0.15) is 10.1 Å². The minimum atomic E-state index is -0.438. The van der Waals surface area contributed by atoms with Gasteiger partial charge in [-0.3, -0.25) is 9.69 Å². The van der Waals surface area contributed by atoms with Gasteiger partial charge in [0.25, 0.3) is 0 Å². The molecule has 1 heterocycles. The summed E-state index contributed by atoms with van der Waals surface area (Å²) in [6.07, 6.45) is 0.739. The van der Waals surface area contributed by atoms with Crippen LogP contribution in [0.1, 0.15) is 19.4 Å². The molecule has 1 fully saturated rings. The van der Waals surface area contributed by atoms with Crippen LogP contribution < -0.4 is 0 Å². The maximum absolute atomic E-state index is 12.1. The number of nitrogens with zero attached hydrogens (tertiary/aromatic N) is 1. The van der Waals surface area contributed by atoms with E-state index in [0.29, 0.717) is 10.9 Å². The largest absolute Gasteiger partial charge is 0.508 e. The van der Waals surface area contributed by atoms with E-state index in [-0.39, 0.29) is 11.7 Å². The van der Waals surface area contributed by atoms with Crippen LogP contribution in [0.25, 0.3) is 0 Å². The number of benzene rings is 1. The lowest BCUT2D eigenvalue weighted by Gasteiger charge is -2.17. The molecule has 0 aromatic heterocycles. The van der Waals surface area contributed by atoms with E-state index in [0.717, 1.165) is 12.0 Å². The highest BCUT2D eigenvalue weighted by Crippen LogP contribution is 2.36. The van der Waals surface area contributed by atoms with E-state index in [1.54, 1.807) is 17.0 Å². The summed E-state index contributed by atoms with van der Waals surface area (Å²) < 4.78 is 0.218. The summed E-state index contributed by atoms with van der Waals surface area (Å²) in [4.78, 5) is 13.8. The van der Waals surface area contributed by atoms with Crippen LogP contribution in [0.4, 0.5) is 0 Å². The third kappa shape index (κ3) is 2.67. The number of carbonyl (C=O) groups excluding carboxylic acids is 1. The second-order valence-electron chi connectivity index (χ2n) is 4.75. The molecular weight excluding hydrogens is 266 g/mol. The van der Waals surface area contributed by atoms with Gasteiger partial charge in [-0.25, -0.2) is 0 Å². The smallest absolute Gasteiger partial charge is 0.244 e. The number of thioether (sulfide) groups is 1. The van der Waals surface area contributed by atoms with E-state index in [1.807, 2.05) is 26.0 Å². The van der Waals surface area contributed by atoms with Gasteiger partial charge in [0.05, 0.1) is 4.75 Å². The van der Waals surface area contributed by atoms with Crippen molar-refractivity contribution in [1.82, 2.24) is 4.90 Å². The van der Waals surface area contributed by atoms with Crippen molar-refractivity contribution in [3.05, 3.63) is 29.8 Å². The number of hydrogen-bond acceptors (Lipinski definition) is 4. The van der Waals surface area contributed by atoms with Crippen LogP contribution in [0.15, 0.2) is 24.3 Å². The number of phenolic OH excluding ortho intramolecular Hbond substituents is 1. The third-order valence-corrected chi connectivity index (χ3v) is 4.43. The number of phenols is 1. The van der Waals surface area contributed by atoms with E-state index in [4.69, 9.17) is 12.2 Å². The van der Waals surface area contributed by atoms with Crippen molar-refractivity contribution in [2.24, 2.45) is 0 Å². The Morgan fingerprint density at radius 2 is 1.94 bits per heavy atom. The lowest BCUT2D eigenvalue weighted by atomic mass is 10.1. The van der Waals surface area contributed by atoms with Crippen LogP contribution in [0.5, 0.6) is 5.75 Å². The summed E-state index contributed by atoms with van der Waals surface area (Å²) in [6.45, 7) is 4.39. The molecule has 1 aromatic carbocycles. The van der Waals surface area contributed by atoms with Crippen LogP contribution in [0.3, 0.4) is 0 Å². The Kier molecular flexibility index (Phi) is 3.64. The topological polar surface area (TPSA) is 40.5 Å². The number of hydrogen-bond donors (Lipinski definition) is 1. The Labute approximate surface area is 116 Å². The molecule has 2 rings (SSSR count). The molecule has 0 bridgehead atoms. The third-order valence-electron chi connectivity index (χ3n) is 2.88. The molecule has 1 saturated heterocycles. The van der Waals surface area contributed by atoms with E-state index in [2.05, 4.69) is 0 Å². The van der Waals surface area contributed by atoms with Crippen molar-refractivity contribution in [1.29, 1.82) is 0 Å². The molecular formula is C13H15NO2S2. The number of aromatic hydroxyl groups is 1. The van der Waals surface area contributed by atoms with Crippen molar-refractivity contribution < 1.29 is 9.90 Å². The molecule has 0 saturated carbocycles. The maximum atomic E-state index is 12.1. The van der Waals surface area contributed by atoms with Gasteiger partial charge in [-0.15, -0.1) is 0 Å². The van der Waals surface area contributed by atoms with Crippen LogP contribution in [0, 0.1) is 0 Å². The molecule has 1 aliphatic heterocycles. The fourth-order valence-electron chi connectivity index (χ4n) is 1.82. The van der Waals surface area contributed by atoms with Gasteiger partial charge in [-0.05, 0) is 38.0 Å². The first-order chi connectivity index (χ1) is 8.40. The van der Waals surface area contributed by atoms with Crippen molar-refractivity contribution in [2.45, 2.75) is 25.0 Å². The Morgan fingerprint density at radius 1 is 1.33 bits per heavy atom. The maximum Gasteiger partial charge on any atom is 0.244 e. The van der Waals surface area contributed by atoms with Crippen LogP contribution in [-0.2, 0) is 11.2 Å². The summed E-state index contributed by atoms with van der Waals surface area (Å²) in [7, 11) is 0. The first-order valence-corrected chi connectivity index (χ1v) is 6.95. The van der Waals surface area contributed by atoms with Gasteiger partial charge >= 0.3 is 0 Å². The fourth-order valence-corrected chi connectivity index (χ4v) is 3.54. The molecule has 0 spiro atoms. The monoisotopic (exact) mass is 281 g/mol. The first kappa shape index (κ1) is 13.4. The quantitative estimate of drug-likeness (QED) is 0.865. The molecule has 5 heteroatoms. The number of thiocarbonyl (C=S) groups is 1. The van der Waals surface area contributed by atoms with Crippen LogP contribution in [-0.4, -0.2) is 31.5 Å². The van der Waals surface area contributed by atoms with Crippen molar-refractivity contribution in [2.75, 3.05) is 6.54 Å². The fraction of sp³-hybridized carbons (Fsp3) is 0.385. The number of carbonyl (C=O) groups is 1. The summed E-state index contributed by atoms with van der Waals surface area (Å²) in [5, 5.41) is 9.20. The minimum Gasteiger partial charge on any atom is -0.508 e. The molecule has 18 heavy (non-hydrogen) atoms. The normalized spacial score (nSPS) is 18.4. The standard InChI is InChI=1S/C13H15NO2S2/c1-13(2)11(16)14(12(17)18-13)8-7-9-3-5-10(15)6-4-9/h3-6,15H,7-8H2,1-2H3. The summed E-state index contributed by atoms with van der Waals surface area (Å²) in [5.41, 5.74) is 1.08. The number of rotatable bonds is 3. The van der Waals surface area contributed by atoms with Gasteiger partial charge < -0.3 is 5.11 Å². The van der Waals surface area contributed by atoms with Crippen molar-refractivity contribution in [3.8, 4) is 5.75 Å². The zero-order valence-corrected chi connectivity index (χ0v) is 12.0. The van der Waals surface area contributed by atoms with E-state index >= 15 is 0 Å². The average molecular weight is 281 g/mol. The van der Waals surface area contributed by atoms with Gasteiger partial charge in [-0.1, -0.05) is 36.1 Å². The molecule has 1 N–H and O–H groups in total. The number of amides is 1. The Balaban J connectivity index is 2.01. The molecule has 0 unspecified atom stereocenters. The van der Waals surface area contributed by atoms with Crippen LogP contribution in [0.2, 0.25) is 0 Å². The van der Waals surface area contributed by atoms with E-state index in [1.165, 1.54) is 11.8 Å². The Hall–Kier alpha value is -1.07. The highest BCUT2D eigenvalue weighted by Gasteiger charge is 2.43. The Bertz CT molecular complexity index is 482. The SMILES string of the molecule is CC1(C)SC(=S)N(CCc2ccc(O)cc2)C1=O. The Morgan fingerprint density at radius 3 is 2.44 bits per heavy atom. The zero-order chi connectivity index (χ0) is 13.3. The van der Waals surface area contributed by atoms with E-state index < -0.39 is 4.75 Å². The summed E-state index contributed by atoms with van der Waals surface area (Å²) >= 11 is 6.68. The lowest BCUT2D eigenvalue weighted by molar-refractivity contribution is -0.128. The molecule has 1 aliphatic rings. The van der Waals surface area contributed by atoms with Gasteiger partial charge in [0.2, 0.25) is 5.91 Å². The second-order valence-corrected chi connectivity index (χ2v) is 7.01. The first-order valence-electron chi connectivity index (χ1n) is 5.73. The highest BCUT2D eigenvalue weighted by molar-refractivity contribution is 8.24. The van der Waals surface area contributed by atoms with Crippen LogP contribution >= 0.6 is 24.0 Å². The highest BCUT2D eigenvalue weighted by atomic mass is 32.2. The summed E-state index contributed by atoms with van der Waals surface area (Å²) in [6, 6.07) is 7.02. The minimum absolute atomic E-state index is 0.0799. The van der Waals surface area contributed by atoms with Gasteiger partial charge in [0.15, 0.2) is 0 Å². The lowest BCUT2D eigenvalue weighted by Crippen LogP contribution is -2.36. The zero-order valence-electron chi connectivity index (χ0n) is 10.3. The molecule has 1 aromatic rings. The van der Waals surface area contributed by atoms with Crippen molar-refractivity contribution >= 4 is 34.2 Å². The molecule has 0 aliphatic carbocycles. The molecule has 1 amide bonds. The molecule has 96 valence electrons. The molecule has 3 nitrogen and oxygen atoms in total. The summed E-state index contributed by atoms with van der Waals surface area (Å²) in [5.74, 6) is 0.333.